The van der Waals surface area contributed by atoms with Crippen molar-refractivity contribution in [2.24, 2.45) is 5.73 Å². The van der Waals surface area contributed by atoms with Crippen LogP contribution < -0.4 is 15.4 Å². The maximum absolute atomic E-state index is 12.8. The van der Waals surface area contributed by atoms with Crippen molar-refractivity contribution in [3.05, 3.63) is 24.8 Å². The predicted octanol–water partition coefficient (Wildman–Crippen LogP) is 2.73. The van der Waals surface area contributed by atoms with Gasteiger partial charge in [0.25, 0.3) is 0 Å². The molecule has 3 rings (SSSR count). The maximum atomic E-state index is 12.8. The van der Waals surface area contributed by atoms with Crippen molar-refractivity contribution in [3.8, 4) is 17.3 Å². The molecule has 0 aliphatic heterocycles. The maximum Gasteiger partial charge on any atom is 0.404 e. The number of carbonyl (C=O) groups is 2. The summed E-state index contributed by atoms with van der Waals surface area (Å²) in [5.41, 5.74) is 6.16. The van der Waals surface area contributed by atoms with Crippen LogP contribution in [0, 0.1) is 0 Å². The summed E-state index contributed by atoms with van der Waals surface area (Å²) in [7, 11) is 1.46. The zero-order valence-electron chi connectivity index (χ0n) is 17.5. The lowest BCUT2D eigenvalue weighted by Crippen LogP contribution is -2.44. The molecular formula is C20H24F2N6O4. The standard InChI is InChI=1S/C20H24F2N6O4/c1-31-20-26-8-12(9-27-20)15-10-25-17(11-24-15)28(18(29)7-6-16(21)22)13-2-4-14(5-3-13)32-19(23)30/h8-11,13-14,16H,2-7H2,1H3,(H2,23,30). The number of nitrogens with two attached hydrogens (primary N) is 1. The van der Waals surface area contributed by atoms with Gasteiger partial charge in [0.05, 0.1) is 25.2 Å². The van der Waals surface area contributed by atoms with Crippen molar-refractivity contribution in [1.29, 1.82) is 0 Å². The first kappa shape index (κ1) is 23.2. The summed E-state index contributed by atoms with van der Waals surface area (Å²) in [5, 5.41) is 0. The average molecular weight is 450 g/mol. The molecule has 12 heteroatoms. The molecule has 32 heavy (non-hydrogen) atoms. The lowest BCUT2D eigenvalue weighted by Gasteiger charge is -2.35. The van der Waals surface area contributed by atoms with Gasteiger partial charge in [-0.25, -0.2) is 28.5 Å². The number of methoxy groups -OCH3 is 1. The summed E-state index contributed by atoms with van der Waals surface area (Å²) in [4.78, 5) is 41.9. The van der Waals surface area contributed by atoms with E-state index in [4.69, 9.17) is 15.2 Å². The van der Waals surface area contributed by atoms with Gasteiger partial charge in [-0.3, -0.25) is 14.7 Å². The number of rotatable bonds is 8. The number of ether oxygens (including phenoxy) is 2. The number of halogens is 2. The zero-order chi connectivity index (χ0) is 23.1. The molecule has 0 aromatic carbocycles. The van der Waals surface area contributed by atoms with Gasteiger partial charge >= 0.3 is 12.1 Å². The molecule has 1 fully saturated rings. The molecule has 10 nitrogen and oxygen atoms in total. The minimum Gasteiger partial charge on any atom is -0.467 e. The first-order valence-electron chi connectivity index (χ1n) is 10.1. The van der Waals surface area contributed by atoms with Gasteiger partial charge in [-0.2, -0.15) is 0 Å². The van der Waals surface area contributed by atoms with Gasteiger partial charge in [0, 0.05) is 36.8 Å². The number of nitrogens with zero attached hydrogens (tertiary/aromatic N) is 5. The Morgan fingerprint density at radius 1 is 1.09 bits per heavy atom. The quantitative estimate of drug-likeness (QED) is 0.649. The number of aromatic nitrogens is 4. The molecule has 2 amide bonds. The van der Waals surface area contributed by atoms with Crippen LogP contribution in [-0.2, 0) is 9.53 Å². The SMILES string of the molecule is COc1ncc(-c2cnc(N(C(=O)CCC(F)F)C3CCC(OC(N)=O)CC3)cn2)cn1. The van der Waals surface area contributed by atoms with Crippen LogP contribution in [0.25, 0.3) is 11.3 Å². The highest BCUT2D eigenvalue weighted by Crippen LogP contribution is 2.29. The average Bonchev–Trinajstić information content (AvgIpc) is 2.79. The third-order valence-corrected chi connectivity index (χ3v) is 5.13. The third-order valence-electron chi connectivity index (χ3n) is 5.13. The summed E-state index contributed by atoms with van der Waals surface area (Å²) in [6.45, 7) is 0. The van der Waals surface area contributed by atoms with Crippen LogP contribution in [0.4, 0.5) is 19.4 Å². The summed E-state index contributed by atoms with van der Waals surface area (Å²) in [5.74, 6) is -0.193. The van der Waals surface area contributed by atoms with Crippen LogP contribution in [0.1, 0.15) is 38.5 Å². The summed E-state index contributed by atoms with van der Waals surface area (Å²) >= 11 is 0. The second kappa shape index (κ2) is 10.7. The van der Waals surface area contributed by atoms with Gasteiger partial charge in [0.1, 0.15) is 6.10 Å². The Hall–Kier alpha value is -3.44. The lowest BCUT2D eigenvalue weighted by atomic mass is 9.91. The molecule has 2 N–H and O–H groups in total. The molecule has 2 aromatic rings. The van der Waals surface area contributed by atoms with Crippen LogP contribution in [0.5, 0.6) is 6.01 Å². The van der Waals surface area contributed by atoms with E-state index in [0.717, 1.165) is 0 Å². The smallest absolute Gasteiger partial charge is 0.404 e. The van der Waals surface area contributed by atoms with E-state index in [2.05, 4.69) is 19.9 Å². The molecule has 0 bridgehead atoms. The van der Waals surface area contributed by atoms with Crippen molar-refractivity contribution >= 4 is 17.8 Å². The van der Waals surface area contributed by atoms with Crippen LogP contribution >= 0.6 is 0 Å². The molecule has 1 saturated carbocycles. The molecular weight excluding hydrogens is 426 g/mol. The number of carbonyl (C=O) groups excluding carboxylic acids is 2. The van der Waals surface area contributed by atoms with Gasteiger partial charge in [-0.1, -0.05) is 0 Å². The highest BCUT2D eigenvalue weighted by Gasteiger charge is 2.32. The normalized spacial score (nSPS) is 18.2. The minimum absolute atomic E-state index is 0.213. The van der Waals surface area contributed by atoms with E-state index >= 15 is 0 Å². The van der Waals surface area contributed by atoms with Crippen LogP contribution in [0.2, 0.25) is 0 Å². The first-order chi connectivity index (χ1) is 15.4. The lowest BCUT2D eigenvalue weighted by molar-refractivity contribution is -0.120. The topological polar surface area (TPSA) is 133 Å². The second-order valence-corrected chi connectivity index (χ2v) is 7.28. The van der Waals surface area contributed by atoms with Gasteiger partial charge in [0.2, 0.25) is 12.3 Å². The molecule has 0 radical (unpaired) electrons. The first-order valence-corrected chi connectivity index (χ1v) is 10.1. The number of amides is 2. The zero-order valence-corrected chi connectivity index (χ0v) is 17.5. The van der Waals surface area contributed by atoms with E-state index in [-0.39, 0.29) is 30.4 Å². The molecule has 1 aliphatic carbocycles. The Morgan fingerprint density at radius 3 is 2.31 bits per heavy atom. The number of primary amides is 1. The fourth-order valence-electron chi connectivity index (χ4n) is 3.61. The van der Waals surface area contributed by atoms with E-state index in [1.54, 1.807) is 0 Å². The highest BCUT2D eigenvalue weighted by atomic mass is 19.3. The van der Waals surface area contributed by atoms with E-state index in [9.17, 15) is 18.4 Å². The van der Waals surface area contributed by atoms with Gasteiger partial charge < -0.3 is 15.2 Å². The predicted molar refractivity (Wildman–Crippen MR) is 109 cm³/mol. The van der Waals surface area contributed by atoms with Gasteiger partial charge in [0.15, 0.2) is 5.82 Å². The third kappa shape index (κ3) is 6.05. The fourth-order valence-corrected chi connectivity index (χ4v) is 3.61. The Morgan fingerprint density at radius 2 is 1.78 bits per heavy atom. The van der Waals surface area contributed by atoms with Crippen molar-refractivity contribution in [3.63, 3.8) is 0 Å². The monoisotopic (exact) mass is 450 g/mol. The van der Waals surface area contributed by atoms with Gasteiger partial charge in [-0.15, -0.1) is 0 Å². The fraction of sp³-hybridized carbons (Fsp3) is 0.500. The molecule has 2 heterocycles. The van der Waals surface area contributed by atoms with Crippen LogP contribution in [0.3, 0.4) is 0 Å². The molecule has 2 aromatic heterocycles. The Balaban J connectivity index is 1.78. The molecule has 0 spiro atoms. The Labute approximate surface area is 183 Å². The minimum atomic E-state index is -2.58. The Kier molecular flexibility index (Phi) is 7.79. The molecule has 0 unspecified atom stereocenters. The number of hydrogen-bond acceptors (Lipinski definition) is 8. The van der Waals surface area contributed by atoms with E-state index in [0.29, 0.717) is 36.9 Å². The largest absolute Gasteiger partial charge is 0.467 e. The summed E-state index contributed by atoms with van der Waals surface area (Å²) in [6.07, 6.45) is 3.36. The van der Waals surface area contributed by atoms with Crippen LogP contribution in [0.15, 0.2) is 24.8 Å². The highest BCUT2D eigenvalue weighted by molar-refractivity contribution is 5.93. The number of hydrogen-bond donors (Lipinski definition) is 1. The number of anilines is 1. The van der Waals surface area contributed by atoms with Crippen molar-refractivity contribution < 1.29 is 27.8 Å². The summed E-state index contributed by atoms with van der Waals surface area (Å²) in [6, 6.07) is -0.0672. The summed E-state index contributed by atoms with van der Waals surface area (Å²) < 4.78 is 35.3. The molecule has 0 atom stereocenters. The second-order valence-electron chi connectivity index (χ2n) is 7.28. The molecule has 0 saturated heterocycles. The number of alkyl halides is 2. The van der Waals surface area contributed by atoms with Crippen LogP contribution in [-0.4, -0.2) is 57.6 Å². The van der Waals surface area contributed by atoms with E-state index < -0.39 is 24.8 Å². The van der Waals surface area contributed by atoms with E-state index in [1.807, 2.05) is 0 Å². The van der Waals surface area contributed by atoms with E-state index in [1.165, 1.54) is 36.8 Å². The van der Waals surface area contributed by atoms with Crippen molar-refractivity contribution in [1.82, 2.24) is 19.9 Å². The Bertz CT molecular complexity index is 905. The van der Waals surface area contributed by atoms with Gasteiger partial charge in [-0.05, 0) is 25.7 Å². The van der Waals surface area contributed by atoms with Crippen molar-refractivity contribution in [2.75, 3.05) is 12.0 Å². The van der Waals surface area contributed by atoms with Crippen molar-refractivity contribution in [2.45, 2.75) is 57.1 Å². The molecule has 172 valence electrons. The molecule has 1 aliphatic rings.